The summed E-state index contributed by atoms with van der Waals surface area (Å²) in [5.41, 5.74) is 0.655. The van der Waals surface area contributed by atoms with E-state index in [1.807, 2.05) is 24.8 Å². The number of halogens is 1. The Labute approximate surface area is 129 Å². The second-order valence-corrected chi connectivity index (χ2v) is 6.14. The number of rotatable bonds is 6. The van der Waals surface area contributed by atoms with Gasteiger partial charge in [0.15, 0.2) is 0 Å². The van der Waals surface area contributed by atoms with Gasteiger partial charge in [0.05, 0.1) is 5.56 Å². The number of aromatic nitrogens is 1. The lowest BCUT2D eigenvalue weighted by molar-refractivity contribution is 0.0707. The SMILES string of the molecule is CCNc1ncc(Br)cc1C(=O)N(CC)CC1CCC1. The van der Waals surface area contributed by atoms with Crippen LogP contribution in [0, 0.1) is 5.92 Å². The minimum atomic E-state index is 0.0733. The van der Waals surface area contributed by atoms with Gasteiger partial charge in [-0.25, -0.2) is 4.98 Å². The first-order valence-corrected chi connectivity index (χ1v) is 8.13. The summed E-state index contributed by atoms with van der Waals surface area (Å²) in [4.78, 5) is 19.0. The predicted octanol–water partition coefficient (Wildman–Crippen LogP) is 3.54. The molecule has 1 saturated carbocycles. The number of hydrogen-bond acceptors (Lipinski definition) is 3. The Bertz CT molecular complexity index is 474. The van der Waals surface area contributed by atoms with E-state index in [4.69, 9.17) is 0 Å². The fourth-order valence-corrected chi connectivity index (χ4v) is 2.75. The minimum Gasteiger partial charge on any atom is -0.370 e. The van der Waals surface area contributed by atoms with Crippen LogP contribution in [0.15, 0.2) is 16.7 Å². The van der Waals surface area contributed by atoms with Gasteiger partial charge in [0.25, 0.3) is 5.91 Å². The third kappa shape index (κ3) is 3.51. The Morgan fingerprint density at radius 1 is 1.50 bits per heavy atom. The minimum absolute atomic E-state index is 0.0733. The summed E-state index contributed by atoms with van der Waals surface area (Å²) < 4.78 is 0.835. The molecule has 1 fully saturated rings. The van der Waals surface area contributed by atoms with Crippen molar-refractivity contribution in [1.82, 2.24) is 9.88 Å². The Morgan fingerprint density at radius 2 is 2.25 bits per heavy atom. The van der Waals surface area contributed by atoms with Crippen molar-refractivity contribution in [3.05, 3.63) is 22.3 Å². The normalized spacial score (nSPS) is 14.8. The molecule has 0 aromatic carbocycles. The molecule has 0 aliphatic heterocycles. The molecule has 1 aromatic heterocycles. The summed E-state index contributed by atoms with van der Waals surface area (Å²) in [7, 11) is 0. The Balaban J connectivity index is 2.18. The number of carbonyl (C=O) groups is 1. The summed E-state index contributed by atoms with van der Waals surface area (Å²) >= 11 is 3.40. The van der Waals surface area contributed by atoms with Crippen LogP contribution in [0.3, 0.4) is 0 Å². The average Bonchev–Trinajstić information content (AvgIpc) is 2.39. The molecule has 0 spiro atoms. The molecule has 1 aliphatic carbocycles. The highest BCUT2D eigenvalue weighted by Gasteiger charge is 2.25. The van der Waals surface area contributed by atoms with E-state index < -0.39 is 0 Å². The Morgan fingerprint density at radius 3 is 2.80 bits per heavy atom. The van der Waals surface area contributed by atoms with Gasteiger partial charge in [0.1, 0.15) is 5.82 Å². The van der Waals surface area contributed by atoms with Crippen LogP contribution in [-0.2, 0) is 0 Å². The van der Waals surface area contributed by atoms with Crippen LogP contribution >= 0.6 is 15.9 Å². The smallest absolute Gasteiger partial charge is 0.257 e. The van der Waals surface area contributed by atoms with Gasteiger partial charge < -0.3 is 10.2 Å². The van der Waals surface area contributed by atoms with Gasteiger partial charge in [-0.3, -0.25) is 4.79 Å². The Hall–Kier alpha value is -1.10. The quantitative estimate of drug-likeness (QED) is 0.862. The lowest BCUT2D eigenvalue weighted by Crippen LogP contribution is -2.37. The third-order valence-electron chi connectivity index (χ3n) is 3.80. The first-order valence-electron chi connectivity index (χ1n) is 7.34. The van der Waals surface area contributed by atoms with Crippen molar-refractivity contribution in [3.8, 4) is 0 Å². The number of amides is 1. The number of anilines is 1. The summed E-state index contributed by atoms with van der Waals surface area (Å²) in [5, 5.41) is 3.17. The predicted molar refractivity (Wildman–Crippen MR) is 85.0 cm³/mol. The fraction of sp³-hybridized carbons (Fsp3) is 0.600. The van der Waals surface area contributed by atoms with Gasteiger partial charge >= 0.3 is 0 Å². The molecule has 1 N–H and O–H groups in total. The molecular formula is C15H22BrN3O. The van der Waals surface area contributed by atoms with E-state index in [2.05, 4.69) is 26.2 Å². The number of nitrogens with one attached hydrogen (secondary N) is 1. The van der Waals surface area contributed by atoms with Crippen LogP contribution in [0.4, 0.5) is 5.82 Å². The van der Waals surface area contributed by atoms with Crippen molar-refractivity contribution in [1.29, 1.82) is 0 Å². The van der Waals surface area contributed by atoms with Crippen LogP contribution in [-0.4, -0.2) is 35.4 Å². The molecule has 20 heavy (non-hydrogen) atoms. The number of nitrogens with zero attached hydrogens (tertiary/aromatic N) is 2. The highest BCUT2D eigenvalue weighted by atomic mass is 79.9. The molecule has 1 aromatic rings. The monoisotopic (exact) mass is 339 g/mol. The molecule has 0 radical (unpaired) electrons. The van der Waals surface area contributed by atoms with Crippen molar-refractivity contribution < 1.29 is 4.79 Å². The standard InChI is InChI=1S/C15H22BrN3O/c1-3-17-14-13(8-12(16)9-18-14)15(20)19(4-2)10-11-6-5-7-11/h8-9,11H,3-7,10H2,1-2H3,(H,17,18). The largest absolute Gasteiger partial charge is 0.370 e. The van der Waals surface area contributed by atoms with Crippen LogP contribution in [0.1, 0.15) is 43.5 Å². The molecule has 0 unspecified atom stereocenters. The lowest BCUT2D eigenvalue weighted by Gasteiger charge is -2.32. The zero-order valence-corrected chi connectivity index (χ0v) is 13.7. The molecule has 0 bridgehead atoms. The van der Waals surface area contributed by atoms with Crippen molar-refractivity contribution in [3.63, 3.8) is 0 Å². The average molecular weight is 340 g/mol. The van der Waals surface area contributed by atoms with E-state index in [0.717, 1.165) is 24.1 Å². The highest BCUT2D eigenvalue weighted by molar-refractivity contribution is 9.10. The van der Waals surface area contributed by atoms with E-state index >= 15 is 0 Å². The molecular weight excluding hydrogens is 318 g/mol. The molecule has 0 saturated heterocycles. The van der Waals surface area contributed by atoms with E-state index in [1.54, 1.807) is 6.20 Å². The van der Waals surface area contributed by atoms with Crippen LogP contribution in [0.25, 0.3) is 0 Å². The highest BCUT2D eigenvalue weighted by Crippen LogP contribution is 2.28. The van der Waals surface area contributed by atoms with Gasteiger partial charge in [-0.05, 0) is 54.6 Å². The van der Waals surface area contributed by atoms with E-state index in [1.165, 1.54) is 19.3 Å². The zero-order valence-electron chi connectivity index (χ0n) is 12.2. The van der Waals surface area contributed by atoms with Gasteiger partial charge in [-0.15, -0.1) is 0 Å². The number of carbonyl (C=O) groups excluding carboxylic acids is 1. The summed E-state index contributed by atoms with van der Waals surface area (Å²) in [6.07, 6.45) is 5.52. The molecule has 0 atom stereocenters. The summed E-state index contributed by atoms with van der Waals surface area (Å²) in [5.74, 6) is 1.43. The lowest BCUT2D eigenvalue weighted by atomic mass is 9.85. The van der Waals surface area contributed by atoms with Crippen LogP contribution in [0.5, 0.6) is 0 Å². The molecule has 4 nitrogen and oxygen atoms in total. The molecule has 2 rings (SSSR count). The van der Waals surface area contributed by atoms with Crippen LogP contribution < -0.4 is 5.32 Å². The topological polar surface area (TPSA) is 45.2 Å². The third-order valence-corrected chi connectivity index (χ3v) is 4.23. The molecule has 5 heteroatoms. The summed E-state index contributed by atoms with van der Waals surface area (Å²) in [6.45, 7) is 6.41. The van der Waals surface area contributed by atoms with Crippen molar-refractivity contribution in [2.24, 2.45) is 5.92 Å². The molecule has 1 heterocycles. The Kier molecular flexibility index (Phi) is 5.40. The molecule has 1 aliphatic rings. The second kappa shape index (κ2) is 7.07. The maximum atomic E-state index is 12.7. The molecule has 1 amide bonds. The second-order valence-electron chi connectivity index (χ2n) is 5.22. The van der Waals surface area contributed by atoms with Crippen molar-refractivity contribution in [2.45, 2.75) is 33.1 Å². The molecule has 110 valence electrons. The van der Waals surface area contributed by atoms with Crippen molar-refractivity contribution in [2.75, 3.05) is 25.0 Å². The fourth-order valence-electron chi connectivity index (χ4n) is 2.42. The zero-order chi connectivity index (χ0) is 14.5. The first kappa shape index (κ1) is 15.3. The van der Waals surface area contributed by atoms with Gasteiger partial charge in [-0.2, -0.15) is 0 Å². The number of hydrogen-bond donors (Lipinski definition) is 1. The van der Waals surface area contributed by atoms with Crippen molar-refractivity contribution >= 4 is 27.7 Å². The maximum absolute atomic E-state index is 12.7. The maximum Gasteiger partial charge on any atom is 0.257 e. The van der Waals surface area contributed by atoms with E-state index in [9.17, 15) is 4.79 Å². The van der Waals surface area contributed by atoms with Crippen LogP contribution in [0.2, 0.25) is 0 Å². The first-order chi connectivity index (χ1) is 9.65. The van der Waals surface area contributed by atoms with E-state index in [-0.39, 0.29) is 5.91 Å². The summed E-state index contributed by atoms with van der Waals surface area (Å²) in [6, 6.07) is 1.86. The van der Waals surface area contributed by atoms with Gasteiger partial charge in [0, 0.05) is 30.3 Å². The van der Waals surface area contributed by atoms with Gasteiger partial charge in [-0.1, -0.05) is 6.42 Å². The van der Waals surface area contributed by atoms with Gasteiger partial charge in [0.2, 0.25) is 0 Å². The van der Waals surface area contributed by atoms with E-state index in [0.29, 0.717) is 17.3 Å². The number of pyridine rings is 1.